The molecule has 0 aromatic rings. The van der Waals surface area contributed by atoms with Crippen LogP contribution < -0.4 is 0 Å². The molecule has 15 heavy (non-hydrogen) atoms. The van der Waals surface area contributed by atoms with Crippen molar-refractivity contribution in [2.45, 2.75) is 26.2 Å². The number of nitrogens with zero attached hydrogens (tertiary/aromatic N) is 1. The third kappa shape index (κ3) is 3.43. The van der Waals surface area contributed by atoms with Gasteiger partial charge in [0.05, 0.1) is 5.75 Å². The molecule has 1 saturated heterocycles. The van der Waals surface area contributed by atoms with Crippen molar-refractivity contribution in [3.05, 3.63) is 0 Å². The molecule has 6 heteroatoms. The first-order chi connectivity index (χ1) is 6.97. The summed E-state index contributed by atoms with van der Waals surface area (Å²) < 4.78 is 24.8. The molecule has 0 spiro atoms. The van der Waals surface area contributed by atoms with Gasteiger partial charge in [-0.1, -0.05) is 6.92 Å². The molecule has 1 atom stereocenters. The Morgan fingerprint density at radius 1 is 1.53 bits per heavy atom. The highest BCUT2D eigenvalue weighted by Gasteiger charge is 2.30. The van der Waals surface area contributed by atoms with Crippen molar-refractivity contribution in [3.8, 4) is 0 Å². The van der Waals surface area contributed by atoms with Crippen LogP contribution in [0.3, 0.4) is 0 Å². The van der Waals surface area contributed by atoms with Gasteiger partial charge in [-0.25, -0.2) is 12.7 Å². The fraction of sp³-hybridized carbons (Fsp3) is 0.889. The number of rotatable bonds is 4. The van der Waals surface area contributed by atoms with Crippen LogP contribution in [0, 0.1) is 5.92 Å². The van der Waals surface area contributed by atoms with E-state index in [9.17, 15) is 13.2 Å². The van der Waals surface area contributed by atoms with Crippen LogP contribution in [0.2, 0.25) is 0 Å². The molecule has 1 aliphatic heterocycles. The lowest BCUT2D eigenvalue weighted by Crippen LogP contribution is -2.42. The second-order valence-electron chi connectivity index (χ2n) is 3.82. The Balaban J connectivity index is 2.67. The molecule has 0 amide bonds. The highest BCUT2D eigenvalue weighted by atomic mass is 35.5. The highest BCUT2D eigenvalue weighted by molar-refractivity contribution is 7.89. The number of carbonyl (C=O) groups excluding carboxylic acids is 1. The fourth-order valence-electron chi connectivity index (χ4n) is 1.77. The van der Waals surface area contributed by atoms with Crippen LogP contribution in [-0.2, 0) is 14.8 Å². The summed E-state index contributed by atoms with van der Waals surface area (Å²) in [6.07, 6.45) is 2.00. The van der Waals surface area contributed by atoms with E-state index in [2.05, 4.69) is 0 Å². The summed E-state index contributed by atoms with van der Waals surface area (Å²) in [4.78, 5) is 11.0. The Hall–Kier alpha value is -0.130. The first-order valence-electron chi connectivity index (χ1n) is 5.14. The first kappa shape index (κ1) is 12.9. The largest absolute Gasteiger partial charge is 0.281 e. The molecule has 0 saturated carbocycles. The molecule has 0 aliphatic carbocycles. The van der Waals surface area contributed by atoms with E-state index in [1.165, 1.54) is 4.31 Å². The van der Waals surface area contributed by atoms with Gasteiger partial charge < -0.3 is 0 Å². The summed E-state index contributed by atoms with van der Waals surface area (Å²) in [5.74, 6) is -0.178. The van der Waals surface area contributed by atoms with Crippen LogP contribution in [0.15, 0.2) is 0 Å². The molecule has 1 rings (SSSR count). The van der Waals surface area contributed by atoms with Crippen LogP contribution in [0.5, 0.6) is 0 Å². The van der Waals surface area contributed by atoms with E-state index in [1.807, 2.05) is 6.92 Å². The van der Waals surface area contributed by atoms with Crippen LogP contribution >= 0.6 is 11.6 Å². The molecule has 1 fully saturated rings. The standard InChI is InChI=1S/C9H16ClNO3S/c1-2-6-15(13,14)11-5-3-4-8(7-11)9(10)12/h8H,2-7H2,1H3. The van der Waals surface area contributed by atoms with Gasteiger partial charge in [0.2, 0.25) is 15.3 Å². The van der Waals surface area contributed by atoms with Gasteiger partial charge in [-0.3, -0.25) is 4.79 Å². The van der Waals surface area contributed by atoms with Crippen molar-refractivity contribution in [2.24, 2.45) is 5.92 Å². The number of piperidine rings is 1. The molecule has 0 aromatic heterocycles. The minimum absolute atomic E-state index is 0.149. The maximum absolute atomic E-state index is 11.7. The summed E-state index contributed by atoms with van der Waals surface area (Å²) in [5, 5.41) is -0.425. The van der Waals surface area contributed by atoms with E-state index in [-0.39, 0.29) is 18.2 Å². The smallest absolute Gasteiger partial charge is 0.226 e. The number of sulfonamides is 1. The van der Waals surface area contributed by atoms with Gasteiger partial charge in [0.25, 0.3) is 0 Å². The lowest BCUT2D eigenvalue weighted by atomic mass is 10.0. The molecule has 0 bridgehead atoms. The molecule has 0 N–H and O–H groups in total. The topological polar surface area (TPSA) is 54.5 Å². The monoisotopic (exact) mass is 253 g/mol. The molecule has 1 aliphatic rings. The summed E-state index contributed by atoms with van der Waals surface area (Å²) in [5.41, 5.74) is 0. The van der Waals surface area contributed by atoms with E-state index in [0.717, 1.165) is 0 Å². The van der Waals surface area contributed by atoms with E-state index in [1.54, 1.807) is 0 Å². The maximum Gasteiger partial charge on any atom is 0.226 e. The summed E-state index contributed by atoms with van der Waals surface area (Å²) in [6.45, 7) is 2.60. The number of hydrogen-bond donors (Lipinski definition) is 0. The molecule has 0 radical (unpaired) electrons. The Labute approximate surface area is 95.6 Å². The Bertz CT molecular complexity index is 328. The highest BCUT2D eigenvalue weighted by Crippen LogP contribution is 2.21. The maximum atomic E-state index is 11.7. The predicted molar refractivity (Wildman–Crippen MR) is 59.2 cm³/mol. The number of halogens is 1. The fourth-order valence-corrected chi connectivity index (χ4v) is 3.53. The zero-order chi connectivity index (χ0) is 11.5. The zero-order valence-corrected chi connectivity index (χ0v) is 10.4. The lowest BCUT2D eigenvalue weighted by Gasteiger charge is -2.29. The van der Waals surface area contributed by atoms with E-state index >= 15 is 0 Å². The average Bonchev–Trinajstić information content (AvgIpc) is 2.18. The molecular weight excluding hydrogens is 238 g/mol. The summed E-state index contributed by atoms with van der Waals surface area (Å²) >= 11 is 5.39. The second kappa shape index (κ2) is 5.27. The molecule has 88 valence electrons. The van der Waals surface area contributed by atoms with Crippen molar-refractivity contribution in [1.82, 2.24) is 4.31 Å². The molecule has 0 aromatic carbocycles. The van der Waals surface area contributed by atoms with Crippen molar-refractivity contribution in [2.75, 3.05) is 18.8 Å². The van der Waals surface area contributed by atoms with Gasteiger partial charge in [0.15, 0.2) is 0 Å². The Kier molecular flexibility index (Phi) is 4.55. The minimum atomic E-state index is -3.18. The summed E-state index contributed by atoms with van der Waals surface area (Å²) in [7, 11) is -3.18. The molecule has 1 unspecified atom stereocenters. The van der Waals surface area contributed by atoms with Crippen LogP contribution in [0.4, 0.5) is 0 Å². The molecule has 1 heterocycles. The average molecular weight is 254 g/mol. The normalized spacial score (nSPS) is 24.0. The second-order valence-corrected chi connectivity index (χ2v) is 6.28. The Morgan fingerprint density at radius 3 is 2.73 bits per heavy atom. The predicted octanol–water partition coefficient (Wildman–Crippen LogP) is 1.20. The number of carbonyl (C=O) groups is 1. The van der Waals surface area contributed by atoms with Crippen molar-refractivity contribution in [3.63, 3.8) is 0 Å². The third-order valence-electron chi connectivity index (χ3n) is 2.56. The lowest BCUT2D eigenvalue weighted by molar-refractivity contribution is -0.116. The summed E-state index contributed by atoms with van der Waals surface area (Å²) in [6, 6.07) is 0. The van der Waals surface area contributed by atoms with Crippen LogP contribution in [0.25, 0.3) is 0 Å². The van der Waals surface area contributed by atoms with E-state index in [0.29, 0.717) is 25.8 Å². The SMILES string of the molecule is CCCS(=O)(=O)N1CCCC(C(=O)Cl)C1. The van der Waals surface area contributed by atoms with Gasteiger partial charge in [-0.2, -0.15) is 0 Å². The van der Waals surface area contributed by atoms with Gasteiger partial charge in [-0.15, -0.1) is 0 Å². The van der Waals surface area contributed by atoms with Crippen LogP contribution in [-0.4, -0.2) is 36.8 Å². The van der Waals surface area contributed by atoms with E-state index in [4.69, 9.17) is 11.6 Å². The van der Waals surface area contributed by atoms with Crippen molar-refractivity contribution >= 4 is 26.9 Å². The first-order valence-corrected chi connectivity index (χ1v) is 7.13. The van der Waals surface area contributed by atoms with Crippen molar-refractivity contribution in [1.29, 1.82) is 0 Å². The zero-order valence-electron chi connectivity index (χ0n) is 8.78. The quantitative estimate of drug-likeness (QED) is 0.708. The molecule has 4 nitrogen and oxygen atoms in total. The van der Waals surface area contributed by atoms with Crippen LogP contribution in [0.1, 0.15) is 26.2 Å². The van der Waals surface area contributed by atoms with Gasteiger partial charge in [-0.05, 0) is 30.9 Å². The van der Waals surface area contributed by atoms with E-state index < -0.39 is 15.3 Å². The van der Waals surface area contributed by atoms with Gasteiger partial charge >= 0.3 is 0 Å². The Morgan fingerprint density at radius 2 is 2.20 bits per heavy atom. The third-order valence-corrected chi connectivity index (χ3v) is 4.91. The minimum Gasteiger partial charge on any atom is -0.281 e. The molecular formula is C9H16ClNO3S. The number of hydrogen-bond acceptors (Lipinski definition) is 3. The van der Waals surface area contributed by atoms with Crippen molar-refractivity contribution < 1.29 is 13.2 Å². The van der Waals surface area contributed by atoms with Gasteiger partial charge in [0, 0.05) is 19.0 Å². The van der Waals surface area contributed by atoms with Gasteiger partial charge in [0.1, 0.15) is 0 Å².